The van der Waals surface area contributed by atoms with Crippen molar-refractivity contribution in [1.29, 1.82) is 0 Å². The lowest BCUT2D eigenvalue weighted by atomic mass is 10.3. The van der Waals surface area contributed by atoms with Gasteiger partial charge in [-0.05, 0) is 25.3 Å². The number of nitrogens with zero attached hydrogens (tertiary/aromatic N) is 4. The van der Waals surface area contributed by atoms with Gasteiger partial charge in [-0.1, -0.05) is 13.0 Å². The van der Waals surface area contributed by atoms with Crippen LogP contribution in [0.1, 0.15) is 12.6 Å². The van der Waals surface area contributed by atoms with E-state index in [0.29, 0.717) is 0 Å². The zero-order chi connectivity index (χ0) is 11.5. The smallest absolute Gasteiger partial charge is 0.160 e. The average Bonchev–Trinajstić information content (AvgIpc) is 2.66. The summed E-state index contributed by atoms with van der Waals surface area (Å²) >= 11 is 0. The summed E-state index contributed by atoms with van der Waals surface area (Å²) in [6, 6.07) is 5.78. The molecule has 0 saturated heterocycles. The SMILES string of the molecule is C=Nc1c(CC)nc(-c2ccccn2)n1C. The second-order valence-electron chi connectivity index (χ2n) is 3.49. The molecule has 0 spiro atoms. The Morgan fingerprint density at radius 1 is 1.44 bits per heavy atom. The summed E-state index contributed by atoms with van der Waals surface area (Å²) in [5.41, 5.74) is 1.81. The molecule has 16 heavy (non-hydrogen) atoms. The third-order valence-electron chi connectivity index (χ3n) is 2.51. The molecule has 0 amide bonds. The van der Waals surface area contributed by atoms with E-state index in [1.807, 2.05) is 29.8 Å². The van der Waals surface area contributed by atoms with Crippen LogP contribution in [-0.2, 0) is 13.5 Å². The van der Waals surface area contributed by atoms with Crippen molar-refractivity contribution < 1.29 is 0 Å². The number of aryl methyl sites for hydroxylation is 1. The first-order valence-electron chi connectivity index (χ1n) is 5.21. The summed E-state index contributed by atoms with van der Waals surface area (Å²) in [5, 5.41) is 0. The van der Waals surface area contributed by atoms with Crippen molar-refractivity contribution in [3.63, 3.8) is 0 Å². The Balaban J connectivity index is 2.59. The van der Waals surface area contributed by atoms with Gasteiger partial charge >= 0.3 is 0 Å². The standard InChI is InChI=1S/C12H14N4/c1-4-9-11(13-2)16(3)12(15-9)10-7-5-6-8-14-10/h5-8H,2,4H2,1,3H3. The molecule has 0 aliphatic carbocycles. The quantitative estimate of drug-likeness (QED) is 0.736. The van der Waals surface area contributed by atoms with Crippen molar-refractivity contribution in [2.45, 2.75) is 13.3 Å². The van der Waals surface area contributed by atoms with Gasteiger partial charge in [0.1, 0.15) is 5.69 Å². The molecule has 0 aromatic carbocycles. The third-order valence-corrected chi connectivity index (χ3v) is 2.51. The molecule has 0 saturated carbocycles. The van der Waals surface area contributed by atoms with Crippen LogP contribution in [0.4, 0.5) is 5.82 Å². The molecule has 4 heteroatoms. The number of aromatic nitrogens is 3. The molecule has 0 unspecified atom stereocenters. The van der Waals surface area contributed by atoms with Gasteiger partial charge in [0.05, 0.1) is 5.69 Å². The molecule has 0 bridgehead atoms. The zero-order valence-electron chi connectivity index (χ0n) is 9.51. The average molecular weight is 214 g/mol. The monoisotopic (exact) mass is 214 g/mol. The second kappa shape index (κ2) is 4.26. The van der Waals surface area contributed by atoms with Gasteiger partial charge in [-0.15, -0.1) is 0 Å². The van der Waals surface area contributed by atoms with Gasteiger partial charge < -0.3 is 4.57 Å². The highest BCUT2D eigenvalue weighted by atomic mass is 15.1. The van der Waals surface area contributed by atoms with Gasteiger partial charge in [0, 0.05) is 13.2 Å². The summed E-state index contributed by atoms with van der Waals surface area (Å²) in [5.74, 6) is 1.66. The predicted octanol–water partition coefficient (Wildman–Crippen LogP) is 2.38. The van der Waals surface area contributed by atoms with Crippen LogP contribution < -0.4 is 0 Å². The molecule has 0 aliphatic heterocycles. The van der Waals surface area contributed by atoms with E-state index >= 15 is 0 Å². The van der Waals surface area contributed by atoms with Crippen molar-refractivity contribution >= 4 is 12.5 Å². The predicted molar refractivity (Wildman–Crippen MR) is 65.0 cm³/mol. The molecule has 0 N–H and O–H groups in total. The molecule has 2 heterocycles. The van der Waals surface area contributed by atoms with Crippen LogP contribution in [0.5, 0.6) is 0 Å². The largest absolute Gasteiger partial charge is 0.311 e. The van der Waals surface area contributed by atoms with E-state index < -0.39 is 0 Å². The Morgan fingerprint density at radius 3 is 2.75 bits per heavy atom. The highest BCUT2D eigenvalue weighted by molar-refractivity contribution is 5.57. The van der Waals surface area contributed by atoms with Crippen molar-refractivity contribution in [2.24, 2.45) is 12.0 Å². The highest BCUT2D eigenvalue weighted by Gasteiger charge is 2.13. The Labute approximate surface area is 94.7 Å². The van der Waals surface area contributed by atoms with Crippen LogP contribution in [0.25, 0.3) is 11.5 Å². The van der Waals surface area contributed by atoms with Crippen LogP contribution in [-0.4, -0.2) is 21.3 Å². The minimum atomic E-state index is 0.822. The minimum Gasteiger partial charge on any atom is -0.311 e. The second-order valence-corrected chi connectivity index (χ2v) is 3.49. The first-order valence-corrected chi connectivity index (χ1v) is 5.21. The molecular formula is C12H14N4. The number of pyridine rings is 1. The summed E-state index contributed by atoms with van der Waals surface area (Å²) in [6.07, 6.45) is 2.60. The van der Waals surface area contributed by atoms with E-state index in [1.165, 1.54) is 0 Å². The van der Waals surface area contributed by atoms with Crippen LogP contribution in [0, 0.1) is 0 Å². The van der Waals surface area contributed by atoms with E-state index in [4.69, 9.17) is 0 Å². The molecule has 2 rings (SSSR count). The fraction of sp³-hybridized carbons (Fsp3) is 0.250. The summed E-state index contributed by atoms with van der Waals surface area (Å²) in [4.78, 5) is 12.8. The maximum Gasteiger partial charge on any atom is 0.160 e. The third kappa shape index (κ3) is 1.62. The van der Waals surface area contributed by atoms with E-state index in [9.17, 15) is 0 Å². The first-order chi connectivity index (χ1) is 7.77. The highest BCUT2D eigenvalue weighted by Crippen LogP contribution is 2.25. The van der Waals surface area contributed by atoms with Crippen LogP contribution in [0.2, 0.25) is 0 Å². The lowest BCUT2D eigenvalue weighted by Gasteiger charge is -2.01. The van der Waals surface area contributed by atoms with Crippen LogP contribution >= 0.6 is 0 Å². The Kier molecular flexibility index (Phi) is 2.81. The normalized spacial score (nSPS) is 10.4. The molecule has 82 valence electrons. The molecule has 2 aromatic heterocycles. The molecule has 0 atom stereocenters. The maximum absolute atomic E-state index is 4.54. The summed E-state index contributed by atoms with van der Waals surface area (Å²) in [6.45, 7) is 5.63. The topological polar surface area (TPSA) is 43.1 Å². The lowest BCUT2D eigenvalue weighted by molar-refractivity contribution is 0.916. The van der Waals surface area contributed by atoms with Gasteiger partial charge in [0.25, 0.3) is 0 Å². The Morgan fingerprint density at radius 2 is 2.25 bits per heavy atom. The molecular weight excluding hydrogens is 200 g/mol. The van der Waals surface area contributed by atoms with Crippen molar-refractivity contribution in [1.82, 2.24) is 14.5 Å². The van der Waals surface area contributed by atoms with E-state index in [-0.39, 0.29) is 0 Å². The number of aliphatic imine (C=N–C) groups is 1. The van der Waals surface area contributed by atoms with Gasteiger partial charge in [-0.3, -0.25) is 4.98 Å². The summed E-state index contributed by atoms with van der Waals surface area (Å²) < 4.78 is 1.92. The minimum absolute atomic E-state index is 0.822. The van der Waals surface area contributed by atoms with Gasteiger partial charge in [-0.25, -0.2) is 9.98 Å². The van der Waals surface area contributed by atoms with Crippen molar-refractivity contribution in [3.05, 3.63) is 30.1 Å². The maximum atomic E-state index is 4.54. The molecule has 0 fully saturated rings. The fourth-order valence-electron chi connectivity index (χ4n) is 1.71. The van der Waals surface area contributed by atoms with Gasteiger partial charge in [-0.2, -0.15) is 0 Å². The zero-order valence-corrected chi connectivity index (χ0v) is 9.51. The number of imidazole rings is 1. The Hall–Kier alpha value is -1.97. The molecule has 0 radical (unpaired) electrons. The van der Waals surface area contributed by atoms with Crippen molar-refractivity contribution in [3.8, 4) is 11.5 Å². The first kappa shape index (κ1) is 10.5. The molecule has 0 aliphatic rings. The van der Waals surface area contributed by atoms with Crippen LogP contribution in [0.3, 0.4) is 0 Å². The molecule has 2 aromatic rings. The summed E-state index contributed by atoms with van der Waals surface area (Å²) in [7, 11) is 1.93. The van der Waals surface area contributed by atoms with Gasteiger partial charge in [0.15, 0.2) is 11.6 Å². The van der Waals surface area contributed by atoms with E-state index in [0.717, 1.165) is 29.5 Å². The molecule has 4 nitrogen and oxygen atoms in total. The number of hydrogen-bond donors (Lipinski definition) is 0. The fourth-order valence-corrected chi connectivity index (χ4v) is 1.71. The van der Waals surface area contributed by atoms with Crippen molar-refractivity contribution in [2.75, 3.05) is 0 Å². The number of rotatable bonds is 3. The Bertz CT molecular complexity index is 499. The lowest BCUT2D eigenvalue weighted by Crippen LogP contribution is -1.93. The number of hydrogen-bond acceptors (Lipinski definition) is 3. The van der Waals surface area contributed by atoms with Crippen LogP contribution in [0.15, 0.2) is 29.4 Å². The van der Waals surface area contributed by atoms with E-state index in [1.54, 1.807) is 6.20 Å². The van der Waals surface area contributed by atoms with E-state index in [2.05, 4.69) is 28.6 Å². The van der Waals surface area contributed by atoms with Gasteiger partial charge in [0.2, 0.25) is 0 Å².